The standard InChI is InChI=1S/C32H39N5O4/c1-7-8-13-27-33-29(20(2)3)26(18-28(38)36(6)21(4)5)31(39)37(27)19-22-14-16-23(17-15-22)24-11-9-10-12-25(24)30-34-32(40)41-35-30/h9-12,14-17,20-21H,7-8,13,18-19H2,1-6H3,(H,34,35,40). The molecule has 2 heterocycles. The summed E-state index contributed by atoms with van der Waals surface area (Å²) in [5.74, 6) is 0.430. The van der Waals surface area contributed by atoms with Crippen LogP contribution in [0.25, 0.3) is 22.5 Å². The van der Waals surface area contributed by atoms with E-state index < -0.39 is 5.76 Å². The van der Waals surface area contributed by atoms with E-state index in [1.807, 2.05) is 76.2 Å². The summed E-state index contributed by atoms with van der Waals surface area (Å²) >= 11 is 0. The van der Waals surface area contributed by atoms with E-state index in [0.29, 0.717) is 30.0 Å². The predicted molar refractivity (Wildman–Crippen MR) is 160 cm³/mol. The minimum Gasteiger partial charge on any atom is -0.343 e. The van der Waals surface area contributed by atoms with Gasteiger partial charge in [-0.3, -0.25) is 23.7 Å². The van der Waals surface area contributed by atoms with Crippen LogP contribution < -0.4 is 11.3 Å². The molecule has 0 saturated carbocycles. The van der Waals surface area contributed by atoms with Crippen LogP contribution in [-0.4, -0.2) is 43.6 Å². The van der Waals surface area contributed by atoms with Gasteiger partial charge in [-0.05, 0) is 42.9 Å². The van der Waals surface area contributed by atoms with Gasteiger partial charge in [0.05, 0.1) is 18.7 Å². The topological polar surface area (TPSA) is 114 Å². The highest BCUT2D eigenvalue weighted by molar-refractivity contribution is 5.80. The van der Waals surface area contributed by atoms with E-state index in [4.69, 9.17) is 9.51 Å². The summed E-state index contributed by atoms with van der Waals surface area (Å²) in [7, 11) is 1.77. The SMILES string of the molecule is CCCCc1nc(C(C)C)c(CC(=O)N(C)C(C)C)c(=O)n1Cc1ccc(-c2ccccc2-c2noc(=O)[nH]2)cc1. The van der Waals surface area contributed by atoms with Crippen molar-refractivity contribution in [1.29, 1.82) is 0 Å². The first-order chi connectivity index (χ1) is 19.6. The monoisotopic (exact) mass is 557 g/mol. The maximum Gasteiger partial charge on any atom is 0.439 e. The molecule has 0 atom stereocenters. The molecule has 9 heteroatoms. The number of carbonyl (C=O) groups is 1. The normalized spacial score (nSPS) is 11.4. The second-order valence-electron chi connectivity index (χ2n) is 11.0. The average Bonchev–Trinajstić information content (AvgIpc) is 3.40. The van der Waals surface area contributed by atoms with Crippen LogP contribution in [0, 0.1) is 0 Å². The van der Waals surface area contributed by atoms with Gasteiger partial charge in [-0.1, -0.05) is 80.9 Å². The molecule has 9 nitrogen and oxygen atoms in total. The van der Waals surface area contributed by atoms with Gasteiger partial charge >= 0.3 is 5.76 Å². The van der Waals surface area contributed by atoms with E-state index in [2.05, 4.69) is 17.1 Å². The lowest BCUT2D eigenvalue weighted by molar-refractivity contribution is -0.130. The Morgan fingerprint density at radius 1 is 1.02 bits per heavy atom. The van der Waals surface area contributed by atoms with Crippen molar-refractivity contribution in [3.63, 3.8) is 0 Å². The van der Waals surface area contributed by atoms with Gasteiger partial charge in [-0.15, -0.1) is 0 Å². The van der Waals surface area contributed by atoms with Crippen molar-refractivity contribution >= 4 is 5.91 Å². The van der Waals surface area contributed by atoms with Crippen LogP contribution >= 0.6 is 0 Å². The van der Waals surface area contributed by atoms with Crippen LogP contribution in [-0.2, 0) is 24.2 Å². The molecule has 0 aliphatic carbocycles. The molecular formula is C32H39N5O4. The van der Waals surface area contributed by atoms with Crippen LogP contribution in [0.5, 0.6) is 0 Å². The third-order valence-corrected chi connectivity index (χ3v) is 7.40. The van der Waals surface area contributed by atoms with Crippen LogP contribution in [0.1, 0.15) is 76.0 Å². The van der Waals surface area contributed by atoms with E-state index in [1.165, 1.54) is 0 Å². The van der Waals surface area contributed by atoms with E-state index in [0.717, 1.165) is 40.9 Å². The Morgan fingerprint density at radius 2 is 1.71 bits per heavy atom. The molecule has 4 aromatic rings. The van der Waals surface area contributed by atoms with E-state index in [1.54, 1.807) is 16.5 Å². The summed E-state index contributed by atoms with van der Waals surface area (Å²) in [4.78, 5) is 47.8. The highest BCUT2D eigenvalue weighted by Gasteiger charge is 2.23. The molecule has 216 valence electrons. The van der Waals surface area contributed by atoms with E-state index >= 15 is 0 Å². The van der Waals surface area contributed by atoms with Gasteiger partial charge in [0.2, 0.25) is 5.91 Å². The minimum absolute atomic E-state index is 0.0175. The van der Waals surface area contributed by atoms with Crippen molar-refractivity contribution in [3.05, 3.63) is 92.1 Å². The number of unbranched alkanes of at least 4 members (excludes halogenated alkanes) is 1. The number of aryl methyl sites for hydroxylation is 1. The molecular weight excluding hydrogens is 518 g/mol. The highest BCUT2D eigenvalue weighted by Crippen LogP contribution is 2.30. The van der Waals surface area contributed by atoms with Gasteiger partial charge in [0, 0.05) is 30.6 Å². The Labute approximate surface area is 240 Å². The number of H-pyrrole nitrogens is 1. The lowest BCUT2D eigenvalue weighted by Gasteiger charge is -2.23. The van der Waals surface area contributed by atoms with Gasteiger partial charge in [-0.2, -0.15) is 0 Å². The number of nitrogens with one attached hydrogen (secondary N) is 1. The number of aromatic amines is 1. The zero-order chi connectivity index (χ0) is 29.7. The third kappa shape index (κ3) is 6.73. The second-order valence-corrected chi connectivity index (χ2v) is 11.0. The molecule has 0 bridgehead atoms. The lowest BCUT2D eigenvalue weighted by atomic mass is 9.98. The Balaban J connectivity index is 1.72. The van der Waals surface area contributed by atoms with Gasteiger partial charge in [0.15, 0.2) is 5.82 Å². The number of nitrogens with zero attached hydrogens (tertiary/aromatic N) is 4. The van der Waals surface area contributed by atoms with Crippen molar-refractivity contribution in [2.75, 3.05) is 7.05 Å². The zero-order valence-corrected chi connectivity index (χ0v) is 24.7. The molecule has 2 aromatic heterocycles. The molecule has 0 aliphatic rings. The Bertz CT molecular complexity index is 1610. The zero-order valence-electron chi connectivity index (χ0n) is 24.7. The number of amides is 1. The van der Waals surface area contributed by atoms with Crippen molar-refractivity contribution in [2.45, 2.75) is 78.8 Å². The summed E-state index contributed by atoms with van der Waals surface area (Å²) in [6, 6.07) is 15.6. The first-order valence-corrected chi connectivity index (χ1v) is 14.2. The maximum absolute atomic E-state index is 14.0. The smallest absolute Gasteiger partial charge is 0.343 e. The van der Waals surface area contributed by atoms with Crippen molar-refractivity contribution in [1.82, 2.24) is 24.6 Å². The average molecular weight is 558 g/mol. The molecule has 2 aromatic carbocycles. The van der Waals surface area contributed by atoms with Gasteiger partial charge < -0.3 is 4.90 Å². The number of aromatic nitrogens is 4. The molecule has 41 heavy (non-hydrogen) atoms. The largest absolute Gasteiger partial charge is 0.439 e. The van der Waals surface area contributed by atoms with Crippen LogP contribution in [0.3, 0.4) is 0 Å². The van der Waals surface area contributed by atoms with Crippen molar-refractivity contribution < 1.29 is 9.32 Å². The molecule has 0 spiro atoms. The summed E-state index contributed by atoms with van der Waals surface area (Å²) in [6.45, 7) is 10.4. The lowest BCUT2D eigenvalue weighted by Crippen LogP contribution is -2.38. The van der Waals surface area contributed by atoms with Crippen molar-refractivity contribution in [2.24, 2.45) is 0 Å². The molecule has 0 fully saturated rings. The number of hydrogen-bond donors (Lipinski definition) is 1. The molecule has 4 rings (SSSR count). The first-order valence-electron chi connectivity index (χ1n) is 14.2. The van der Waals surface area contributed by atoms with E-state index in [-0.39, 0.29) is 29.8 Å². The van der Waals surface area contributed by atoms with Crippen LogP contribution in [0.2, 0.25) is 0 Å². The molecule has 0 saturated heterocycles. The number of rotatable bonds is 11. The van der Waals surface area contributed by atoms with Crippen LogP contribution in [0.15, 0.2) is 62.6 Å². The Morgan fingerprint density at radius 3 is 2.29 bits per heavy atom. The van der Waals surface area contributed by atoms with Gasteiger partial charge in [0.1, 0.15) is 5.82 Å². The summed E-state index contributed by atoms with van der Waals surface area (Å²) in [5.41, 5.74) is 4.55. The fourth-order valence-electron chi connectivity index (χ4n) is 4.81. The number of carbonyl (C=O) groups excluding carboxylic acids is 1. The molecule has 0 aliphatic heterocycles. The summed E-state index contributed by atoms with van der Waals surface area (Å²) in [6.07, 6.45) is 2.62. The minimum atomic E-state index is -0.608. The fourth-order valence-corrected chi connectivity index (χ4v) is 4.81. The predicted octanol–water partition coefficient (Wildman–Crippen LogP) is 5.18. The maximum atomic E-state index is 14.0. The first kappa shape index (κ1) is 29.7. The molecule has 0 radical (unpaired) electrons. The van der Waals surface area contributed by atoms with Crippen molar-refractivity contribution in [3.8, 4) is 22.5 Å². The van der Waals surface area contributed by atoms with Crippen LogP contribution in [0.4, 0.5) is 0 Å². The van der Waals surface area contributed by atoms with Gasteiger partial charge in [0.25, 0.3) is 5.56 Å². The quantitative estimate of drug-likeness (QED) is 0.272. The fraction of sp³-hybridized carbons (Fsp3) is 0.406. The molecule has 0 unspecified atom stereocenters. The Kier molecular flexibility index (Phi) is 9.37. The number of hydrogen-bond acceptors (Lipinski definition) is 6. The number of likely N-dealkylation sites (N-methyl/N-ethyl adjacent to an activating group) is 1. The Hall–Kier alpha value is -4.27. The molecule has 1 amide bonds. The van der Waals surface area contributed by atoms with E-state index in [9.17, 15) is 14.4 Å². The summed E-state index contributed by atoms with van der Waals surface area (Å²) in [5, 5.41) is 3.84. The number of benzene rings is 2. The third-order valence-electron chi connectivity index (χ3n) is 7.40. The summed E-state index contributed by atoms with van der Waals surface area (Å²) < 4.78 is 6.44. The molecule has 1 N–H and O–H groups in total. The highest BCUT2D eigenvalue weighted by atomic mass is 16.5. The second kappa shape index (κ2) is 12.9. The van der Waals surface area contributed by atoms with Gasteiger partial charge in [-0.25, -0.2) is 9.78 Å².